The molecule has 0 spiro atoms. The van der Waals surface area contributed by atoms with E-state index < -0.39 is 0 Å². The third-order valence-electron chi connectivity index (χ3n) is 4.68. The molecule has 3 heterocycles. The summed E-state index contributed by atoms with van der Waals surface area (Å²) in [6, 6.07) is 2.23. The summed E-state index contributed by atoms with van der Waals surface area (Å²) in [6.45, 7) is 9.36. The molecule has 2 atom stereocenters. The minimum Gasteiger partial charge on any atom is -0.377 e. The summed E-state index contributed by atoms with van der Waals surface area (Å²) in [6.07, 6.45) is 5.70. The Morgan fingerprint density at radius 1 is 1.57 bits per heavy atom. The van der Waals surface area contributed by atoms with Gasteiger partial charge in [-0.15, -0.1) is 6.58 Å². The zero-order chi connectivity index (χ0) is 14.5. The lowest BCUT2D eigenvalue weighted by molar-refractivity contribution is -0.152. The lowest BCUT2D eigenvalue weighted by atomic mass is 9.73. The van der Waals surface area contributed by atoms with Gasteiger partial charge in [0.05, 0.1) is 19.3 Å². The van der Waals surface area contributed by atoms with Crippen molar-refractivity contribution in [3.63, 3.8) is 0 Å². The number of ether oxygens (including phenoxy) is 2. The predicted molar refractivity (Wildman–Crippen MR) is 86.6 cm³/mol. The topological polar surface area (TPSA) is 21.7 Å². The van der Waals surface area contributed by atoms with Crippen LogP contribution in [-0.4, -0.2) is 43.9 Å². The normalized spacial score (nSPS) is 30.0. The van der Waals surface area contributed by atoms with Crippen LogP contribution < -0.4 is 0 Å². The van der Waals surface area contributed by atoms with Crippen molar-refractivity contribution in [3.8, 4) is 0 Å². The van der Waals surface area contributed by atoms with Gasteiger partial charge in [-0.2, -0.15) is 11.3 Å². The Balaban J connectivity index is 1.66. The molecular formula is C17H25NO2S. The van der Waals surface area contributed by atoms with Gasteiger partial charge in [-0.1, -0.05) is 6.08 Å². The highest BCUT2D eigenvalue weighted by Crippen LogP contribution is 2.40. The number of rotatable bonds is 6. The van der Waals surface area contributed by atoms with Gasteiger partial charge in [0.1, 0.15) is 0 Å². The smallest absolute Gasteiger partial charge is 0.0677 e. The second-order valence-corrected chi connectivity index (χ2v) is 7.04. The molecule has 2 aliphatic rings. The monoisotopic (exact) mass is 307 g/mol. The number of hydrogen-bond donors (Lipinski definition) is 0. The Labute approximate surface area is 131 Å². The molecular weight excluding hydrogens is 282 g/mol. The van der Waals surface area contributed by atoms with Crippen LogP contribution in [0.2, 0.25) is 0 Å². The molecule has 3 nitrogen and oxygen atoms in total. The van der Waals surface area contributed by atoms with Crippen LogP contribution in [-0.2, 0) is 16.0 Å². The summed E-state index contributed by atoms with van der Waals surface area (Å²) in [5.74, 6) is 0. The maximum Gasteiger partial charge on any atom is 0.0677 e. The Hall–Kier alpha value is -0.680. The largest absolute Gasteiger partial charge is 0.377 e. The van der Waals surface area contributed by atoms with Gasteiger partial charge in [0, 0.05) is 31.7 Å². The van der Waals surface area contributed by atoms with Crippen molar-refractivity contribution in [1.29, 1.82) is 0 Å². The lowest BCUT2D eigenvalue weighted by Crippen LogP contribution is -2.56. The zero-order valence-electron chi connectivity index (χ0n) is 12.6. The SMILES string of the molecule is C=CCOC[C@]12CCCO[C@@H]1CCN(Cc1ccsc1)C2. The fourth-order valence-electron chi connectivity index (χ4n) is 3.71. The van der Waals surface area contributed by atoms with Gasteiger partial charge in [-0.3, -0.25) is 4.90 Å². The molecule has 1 aromatic rings. The molecule has 0 bridgehead atoms. The second-order valence-electron chi connectivity index (χ2n) is 6.26. The first-order chi connectivity index (χ1) is 10.3. The fourth-order valence-corrected chi connectivity index (χ4v) is 4.37. The second kappa shape index (κ2) is 7.05. The molecule has 0 radical (unpaired) electrons. The van der Waals surface area contributed by atoms with Crippen LogP contribution in [0.4, 0.5) is 0 Å². The predicted octanol–water partition coefficient (Wildman–Crippen LogP) is 3.32. The number of nitrogens with zero attached hydrogens (tertiary/aromatic N) is 1. The summed E-state index contributed by atoms with van der Waals surface area (Å²) in [5.41, 5.74) is 1.60. The van der Waals surface area contributed by atoms with E-state index in [1.54, 1.807) is 11.3 Å². The third kappa shape index (κ3) is 3.57. The minimum absolute atomic E-state index is 0.176. The average molecular weight is 307 g/mol. The molecule has 2 aliphatic heterocycles. The van der Waals surface area contributed by atoms with E-state index in [1.165, 1.54) is 12.0 Å². The number of hydrogen-bond acceptors (Lipinski definition) is 4. The first-order valence-corrected chi connectivity index (χ1v) is 8.80. The summed E-state index contributed by atoms with van der Waals surface area (Å²) < 4.78 is 11.9. The first-order valence-electron chi connectivity index (χ1n) is 7.86. The van der Waals surface area contributed by atoms with Crippen molar-refractivity contribution in [2.75, 3.05) is 32.9 Å². The highest BCUT2D eigenvalue weighted by atomic mass is 32.1. The zero-order valence-corrected chi connectivity index (χ0v) is 13.4. The van der Waals surface area contributed by atoms with Crippen LogP contribution in [0.1, 0.15) is 24.8 Å². The van der Waals surface area contributed by atoms with E-state index in [9.17, 15) is 0 Å². The Bertz CT molecular complexity index is 448. The summed E-state index contributed by atoms with van der Waals surface area (Å²) in [7, 11) is 0. The van der Waals surface area contributed by atoms with Gasteiger partial charge in [0.25, 0.3) is 0 Å². The molecule has 0 N–H and O–H groups in total. The molecule has 0 amide bonds. The first kappa shape index (κ1) is 15.2. The average Bonchev–Trinajstić information content (AvgIpc) is 3.00. The van der Waals surface area contributed by atoms with Crippen molar-refractivity contribution >= 4 is 11.3 Å². The van der Waals surface area contributed by atoms with E-state index in [0.717, 1.165) is 45.7 Å². The van der Waals surface area contributed by atoms with E-state index in [4.69, 9.17) is 9.47 Å². The molecule has 0 unspecified atom stereocenters. The van der Waals surface area contributed by atoms with Crippen molar-refractivity contribution < 1.29 is 9.47 Å². The Morgan fingerprint density at radius 3 is 3.33 bits per heavy atom. The summed E-state index contributed by atoms with van der Waals surface area (Å²) in [4.78, 5) is 2.57. The van der Waals surface area contributed by atoms with E-state index in [2.05, 4.69) is 28.3 Å². The highest BCUT2D eigenvalue weighted by Gasteiger charge is 2.46. The lowest BCUT2D eigenvalue weighted by Gasteiger charge is -2.50. The van der Waals surface area contributed by atoms with E-state index in [1.807, 2.05) is 6.08 Å². The van der Waals surface area contributed by atoms with E-state index in [0.29, 0.717) is 12.7 Å². The van der Waals surface area contributed by atoms with Crippen molar-refractivity contribution in [1.82, 2.24) is 4.90 Å². The maximum absolute atomic E-state index is 6.07. The number of thiophene rings is 1. The Kier molecular flexibility index (Phi) is 5.11. The van der Waals surface area contributed by atoms with Gasteiger partial charge in [-0.25, -0.2) is 0 Å². The number of piperidine rings is 1. The standard InChI is InChI=1S/C17H25NO2S/c1-2-8-19-14-17-6-3-9-20-16(17)4-7-18(13-17)11-15-5-10-21-12-15/h2,5,10,12,16H,1,3-4,6-9,11,13-14H2/t16-,17-/m1/s1. The summed E-state index contributed by atoms with van der Waals surface area (Å²) >= 11 is 1.78. The van der Waals surface area contributed by atoms with Gasteiger partial charge in [0.2, 0.25) is 0 Å². The quantitative estimate of drug-likeness (QED) is 0.594. The molecule has 116 valence electrons. The molecule has 0 aliphatic carbocycles. The van der Waals surface area contributed by atoms with Gasteiger partial charge in [0.15, 0.2) is 0 Å². The van der Waals surface area contributed by atoms with Crippen LogP contribution in [0.15, 0.2) is 29.5 Å². The van der Waals surface area contributed by atoms with Gasteiger partial charge in [-0.05, 0) is 41.7 Å². The summed E-state index contributed by atoms with van der Waals surface area (Å²) in [5, 5.41) is 4.42. The van der Waals surface area contributed by atoms with Crippen molar-refractivity contribution in [3.05, 3.63) is 35.0 Å². The van der Waals surface area contributed by atoms with Gasteiger partial charge >= 0.3 is 0 Å². The molecule has 0 saturated carbocycles. The molecule has 3 rings (SSSR count). The maximum atomic E-state index is 6.07. The molecule has 21 heavy (non-hydrogen) atoms. The molecule has 2 fully saturated rings. The van der Waals surface area contributed by atoms with E-state index in [-0.39, 0.29) is 5.41 Å². The van der Waals surface area contributed by atoms with Crippen LogP contribution in [0.25, 0.3) is 0 Å². The molecule has 0 aromatic carbocycles. The Morgan fingerprint density at radius 2 is 2.52 bits per heavy atom. The van der Waals surface area contributed by atoms with Crippen molar-refractivity contribution in [2.45, 2.75) is 31.9 Å². The number of likely N-dealkylation sites (tertiary alicyclic amines) is 1. The number of fused-ring (bicyclic) bond motifs is 1. The van der Waals surface area contributed by atoms with Crippen LogP contribution in [0.3, 0.4) is 0 Å². The molecule has 2 saturated heterocycles. The van der Waals surface area contributed by atoms with Crippen molar-refractivity contribution in [2.24, 2.45) is 5.41 Å². The minimum atomic E-state index is 0.176. The third-order valence-corrected chi connectivity index (χ3v) is 5.41. The highest BCUT2D eigenvalue weighted by molar-refractivity contribution is 7.07. The fraction of sp³-hybridized carbons (Fsp3) is 0.647. The van der Waals surface area contributed by atoms with E-state index >= 15 is 0 Å². The van der Waals surface area contributed by atoms with Crippen LogP contribution >= 0.6 is 11.3 Å². The van der Waals surface area contributed by atoms with Gasteiger partial charge < -0.3 is 9.47 Å². The van der Waals surface area contributed by atoms with Crippen LogP contribution in [0, 0.1) is 5.41 Å². The van der Waals surface area contributed by atoms with Crippen LogP contribution in [0.5, 0.6) is 0 Å². The molecule has 4 heteroatoms. The molecule has 1 aromatic heterocycles.